The summed E-state index contributed by atoms with van der Waals surface area (Å²) < 4.78 is 5.41. The first-order valence-corrected chi connectivity index (χ1v) is 7.54. The molecule has 3 nitrogen and oxygen atoms in total. The standard InChI is InChI=1S/C17H29NO2/c1-6-18(17(3,4)5)13-12-16(19)14-8-10-15(11-9-14)20-7-2/h8-11,16,19H,6-7,12-13H2,1-5H3. The quantitative estimate of drug-likeness (QED) is 0.827. The molecule has 1 atom stereocenters. The molecule has 0 saturated carbocycles. The zero-order valence-corrected chi connectivity index (χ0v) is 13.5. The van der Waals surface area contributed by atoms with Gasteiger partial charge in [0.15, 0.2) is 0 Å². The fraction of sp³-hybridized carbons (Fsp3) is 0.647. The van der Waals surface area contributed by atoms with Crippen LogP contribution in [-0.4, -0.2) is 35.2 Å². The number of rotatable bonds is 7. The molecule has 0 aromatic heterocycles. The third kappa shape index (κ3) is 5.14. The van der Waals surface area contributed by atoms with Crippen molar-refractivity contribution in [3.63, 3.8) is 0 Å². The third-order valence-corrected chi connectivity index (χ3v) is 3.58. The van der Waals surface area contributed by atoms with Crippen molar-refractivity contribution in [2.75, 3.05) is 19.7 Å². The molecule has 0 spiro atoms. The molecule has 0 fully saturated rings. The Morgan fingerprint density at radius 3 is 2.20 bits per heavy atom. The Morgan fingerprint density at radius 1 is 1.15 bits per heavy atom. The number of aliphatic hydroxyl groups is 1. The van der Waals surface area contributed by atoms with E-state index in [2.05, 4.69) is 32.6 Å². The summed E-state index contributed by atoms with van der Waals surface area (Å²) in [5.41, 5.74) is 1.10. The summed E-state index contributed by atoms with van der Waals surface area (Å²) in [6.07, 6.45) is 0.334. The van der Waals surface area contributed by atoms with E-state index in [4.69, 9.17) is 4.74 Å². The summed E-state index contributed by atoms with van der Waals surface area (Å²) in [5, 5.41) is 10.3. The average molecular weight is 279 g/mol. The lowest BCUT2D eigenvalue weighted by Crippen LogP contribution is -2.42. The van der Waals surface area contributed by atoms with Gasteiger partial charge in [0.1, 0.15) is 5.75 Å². The summed E-state index contributed by atoms with van der Waals surface area (Å²) in [6.45, 7) is 13.3. The van der Waals surface area contributed by atoms with Gasteiger partial charge in [-0.15, -0.1) is 0 Å². The van der Waals surface area contributed by atoms with Gasteiger partial charge in [-0.3, -0.25) is 4.90 Å². The van der Waals surface area contributed by atoms with Crippen LogP contribution in [0, 0.1) is 0 Å². The van der Waals surface area contributed by atoms with E-state index in [1.165, 1.54) is 0 Å². The van der Waals surface area contributed by atoms with Crippen molar-refractivity contribution in [3.8, 4) is 5.75 Å². The minimum Gasteiger partial charge on any atom is -0.494 e. The monoisotopic (exact) mass is 279 g/mol. The molecule has 3 heteroatoms. The number of hydrogen-bond donors (Lipinski definition) is 1. The summed E-state index contributed by atoms with van der Waals surface area (Å²) in [5.74, 6) is 0.855. The fourth-order valence-electron chi connectivity index (χ4n) is 2.37. The average Bonchev–Trinajstić information content (AvgIpc) is 2.39. The predicted octanol–water partition coefficient (Wildman–Crippen LogP) is 3.63. The maximum Gasteiger partial charge on any atom is 0.119 e. The van der Waals surface area contributed by atoms with E-state index in [0.717, 1.165) is 30.8 Å². The Bertz CT molecular complexity index is 381. The van der Waals surface area contributed by atoms with E-state index in [1.54, 1.807) is 0 Å². The summed E-state index contributed by atoms with van der Waals surface area (Å²) in [4.78, 5) is 2.38. The van der Waals surface area contributed by atoms with Gasteiger partial charge in [-0.1, -0.05) is 19.1 Å². The van der Waals surface area contributed by atoms with Crippen LogP contribution in [0.25, 0.3) is 0 Å². The van der Waals surface area contributed by atoms with Gasteiger partial charge in [-0.25, -0.2) is 0 Å². The first-order chi connectivity index (χ1) is 9.38. The molecule has 1 N–H and O–H groups in total. The molecule has 1 unspecified atom stereocenters. The van der Waals surface area contributed by atoms with Crippen LogP contribution in [0.2, 0.25) is 0 Å². The van der Waals surface area contributed by atoms with Gasteiger partial charge in [-0.2, -0.15) is 0 Å². The minimum atomic E-state index is -0.415. The van der Waals surface area contributed by atoms with E-state index in [9.17, 15) is 5.11 Å². The largest absolute Gasteiger partial charge is 0.494 e. The molecule has 20 heavy (non-hydrogen) atoms. The van der Waals surface area contributed by atoms with Crippen LogP contribution in [-0.2, 0) is 0 Å². The number of nitrogens with zero attached hydrogens (tertiary/aromatic N) is 1. The minimum absolute atomic E-state index is 0.146. The van der Waals surface area contributed by atoms with Crippen LogP contribution < -0.4 is 4.74 Å². The van der Waals surface area contributed by atoms with E-state index >= 15 is 0 Å². The van der Waals surface area contributed by atoms with Crippen LogP contribution in [0.5, 0.6) is 5.75 Å². The molecule has 114 valence electrons. The first kappa shape index (κ1) is 17.0. The van der Waals surface area contributed by atoms with Crippen LogP contribution >= 0.6 is 0 Å². The van der Waals surface area contributed by atoms with Crippen molar-refractivity contribution in [1.29, 1.82) is 0 Å². The van der Waals surface area contributed by atoms with Gasteiger partial charge < -0.3 is 9.84 Å². The summed E-state index contributed by atoms with van der Waals surface area (Å²) in [6, 6.07) is 7.73. The van der Waals surface area contributed by atoms with Crippen LogP contribution in [0.1, 0.15) is 52.7 Å². The highest BCUT2D eigenvalue weighted by molar-refractivity contribution is 5.28. The van der Waals surface area contributed by atoms with Gasteiger partial charge in [-0.05, 0) is 58.4 Å². The second kappa shape index (κ2) is 7.65. The van der Waals surface area contributed by atoms with Crippen molar-refractivity contribution in [3.05, 3.63) is 29.8 Å². The predicted molar refractivity (Wildman–Crippen MR) is 84.2 cm³/mol. The van der Waals surface area contributed by atoms with Crippen LogP contribution in [0.4, 0.5) is 0 Å². The molecule has 0 aliphatic carbocycles. The maximum atomic E-state index is 10.3. The number of benzene rings is 1. The first-order valence-electron chi connectivity index (χ1n) is 7.54. The molecule has 0 aliphatic rings. The zero-order valence-electron chi connectivity index (χ0n) is 13.5. The van der Waals surface area contributed by atoms with Gasteiger partial charge in [0.25, 0.3) is 0 Å². The van der Waals surface area contributed by atoms with Gasteiger partial charge >= 0.3 is 0 Å². The Hall–Kier alpha value is -1.06. The molecule has 0 saturated heterocycles. The van der Waals surface area contributed by atoms with E-state index in [1.807, 2.05) is 31.2 Å². The molecular formula is C17H29NO2. The van der Waals surface area contributed by atoms with Crippen molar-refractivity contribution in [1.82, 2.24) is 4.90 Å². The van der Waals surface area contributed by atoms with Crippen LogP contribution in [0.15, 0.2) is 24.3 Å². The van der Waals surface area contributed by atoms with Gasteiger partial charge in [0.2, 0.25) is 0 Å². The zero-order chi connectivity index (χ0) is 15.2. The SMILES string of the molecule is CCOc1ccc(C(O)CCN(CC)C(C)(C)C)cc1. The highest BCUT2D eigenvalue weighted by Crippen LogP contribution is 2.22. The molecule has 1 aromatic rings. The summed E-state index contributed by atoms with van der Waals surface area (Å²) in [7, 11) is 0. The highest BCUT2D eigenvalue weighted by atomic mass is 16.5. The molecule has 0 heterocycles. The Morgan fingerprint density at radius 2 is 1.75 bits per heavy atom. The van der Waals surface area contributed by atoms with Crippen molar-refractivity contribution >= 4 is 0 Å². The molecule has 1 rings (SSSR count). The normalized spacial score (nSPS) is 13.6. The number of ether oxygens (including phenoxy) is 1. The lowest BCUT2D eigenvalue weighted by Gasteiger charge is -2.35. The maximum absolute atomic E-state index is 10.3. The smallest absolute Gasteiger partial charge is 0.119 e. The van der Waals surface area contributed by atoms with Crippen molar-refractivity contribution in [2.45, 2.75) is 52.7 Å². The van der Waals surface area contributed by atoms with Gasteiger partial charge in [0, 0.05) is 12.1 Å². The second-order valence-corrected chi connectivity index (χ2v) is 6.06. The highest BCUT2D eigenvalue weighted by Gasteiger charge is 2.20. The molecule has 0 amide bonds. The van der Waals surface area contributed by atoms with Crippen molar-refractivity contribution in [2.24, 2.45) is 0 Å². The Balaban J connectivity index is 2.55. The van der Waals surface area contributed by atoms with Crippen LogP contribution in [0.3, 0.4) is 0 Å². The van der Waals surface area contributed by atoms with E-state index < -0.39 is 6.10 Å². The Kier molecular flexibility index (Phi) is 6.50. The molecule has 0 aliphatic heterocycles. The fourth-order valence-corrected chi connectivity index (χ4v) is 2.37. The van der Waals surface area contributed by atoms with E-state index in [0.29, 0.717) is 6.61 Å². The summed E-state index contributed by atoms with van der Waals surface area (Å²) >= 11 is 0. The number of aliphatic hydroxyl groups excluding tert-OH is 1. The van der Waals surface area contributed by atoms with Gasteiger partial charge in [0.05, 0.1) is 12.7 Å². The third-order valence-electron chi connectivity index (χ3n) is 3.58. The topological polar surface area (TPSA) is 32.7 Å². The molecular weight excluding hydrogens is 250 g/mol. The second-order valence-electron chi connectivity index (χ2n) is 6.06. The molecule has 1 aromatic carbocycles. The van der Waals surface area contributed by atoms with Crippen molar-refractivity contribution < 1.29 is 9.84 Å². The lowest BCUT2D eigenvalue weighted by molar-refractivity contribution is 0.0997. The molecule has 0 radical (unpaired) electrons. The Labute approximate surface area is 123 Å². The van der Waals surface area contributed by atoms with E-state index in [-0.39, 0.29) is 5.54 Å². The number of hydrogen-bond acceptors (Lipinski definition) is 3. The molecule has 0 bridgehead atoms. The lowest BCUT2D eigenvalue weighted by atomic mass is 10.0.